The molecule has 1 amide bonds. The molecule has 5 heteroatoms. The molecule has 5 rings (SSSR count). The van der Waals surface area contributed by atoms with Gasteiger partial charge in [-0.15, -0.1) is 0 Å². The molecule has 0 unspecified atom stereocenters. The Morgan fingerprint density at radius 2 is 1.88 bits per heavy atom. The lowest BCUT2D eigenvalue weighted by molar-refractivity contribution is 0.00588. The predicted molar refractivity (Wildman–Crippen MR) is 125 cm³/mol. The van der Waals surface area contributed by atoms with Crippen molar-refractivity contribution in [2.45, 2.75) is 51.2 Å². The number of likely N-dealkylation sites (tertiary alicyclic amines) is 1. The first kappa shape index (κ1) is 21.5. The van der Waals surface area contributed by atoms with Crippen LogP contribution in [-0.4, -0.2) is 59.7 Å². The molecule has 0 atom stereocenters. The van der Waals surface area contributed by atoms with E-state index in [1.54, 1.807) is 4.90 Å². The van der Waals surface area contributed by atoms with Crippen LogP contribution >= 0.6 is 0 Å². The highest BCUT2D eigenvalue weighted by Gasteiger charge is 2.30. The molecule has 3 aliphatic rings. The highest BCUT2D eigenvalue weighted by Crippen LogP contribution is 2.31. The molecule has 2 aromatic carbocycles. The van der Waals surface area contributed by atoms with Gasteiger partial charge in [-0.1, -0.05) is 24.3 Å². The number of carbonyl (C=O) groups is 1. The van der Waals surface area contributed by atoms with Crippen molar-refractivity contribution in [3.63, 3.8) is 0 Å². The molecule has 2 bridgehead atoms. The van der Waals surface area contributed by atoms with Gasteiger partial charge < -0.3 is 14.7 Å². The summed E-state index contributed by atoms with van der Waals surface area (Å²) in [4.78, 5) is 17.1. The Balaban J connectivity index is 1.39. The van der Waals surface area contributed by atoms with Crippen LogP contribution in [0.1, 0.15) is 59.2 Å². The van der Waals surface area contributed by atoms with Gasteiger partial charge in [-0.2, -0.15) is 0 Å². The van der Waals surface area contributed by atoms with Crippen LogP contribution in [0.25, 0.3) is 0 Å². The van der Waals surface area contributed by atoms with Crippen molar-refractivity contribution in [1.82, 2.24) is 9.80 Å². The van der Waals surface area contributed by atoms with E-state index in [9.17, 15) is 9.90 Å². The van der Waals surface area contributed by atoms with Crippen molar-refractivity contribution in [2.75, 3.05) is 32.8 Å². The van der Waals surface area contributed by atoms with Crippen LogP contribution in [-0.2, 0) is 13.0 Å². The summed E-state index contributed by atoms with van der Waals surface area (Å²) in [5.41, 5.74) is 4.34. The minimum atomic E-state index is -0.387. The zero-order chi connectivity index (χ0) is 21.9. The summed E-state index contributed by atoms with van der Waals surface area (Å²) in [6.45, 7) is 4.95. The summed E-state index contributed by atoms with van der Waals surface area (Å²) < 4.78 is 6.18. The van der Waals surface area contributed by atoms with E-state index in [1.165, 1.54) is 43.4 Å². The van der Waals surface area contributed by atoms with Gasteiger partial charge in [0.15, 0.2) is 0 Å². The molecule has 170 valence electrons. The molecule has 1 saturated heterocycles. The molecule has 0 spiro atoms. The Kier molecular flexibility index (Phi) is 6.47. The van der Waals surface area contributed by atoms with Crippen molar-refractivity contribution in [1.29, 1.82) is 0 Å². The van der Waals surface area contributed by atoms with Crippen molar-refractivity contribution in [3.05, 3.63) is 64.7 Å². The van der Waals surface area contributed by atoms with Gasteiger partial charge in [-0.05, 0) is 79.5 Å². The standard InChI is InChI=1S/C27H34N2O3/c30-25-18-29(19-25)27(31)23-9-10-26-24(15-23)14-21-5-4-6-22(13-21)17-28(16-20-7-8-20)11-2-1-3-12-32-26/h4-6,9-10,13,15,20,25,30H,1-3,7-8,11-12,14,16-19H2. The van der Waals surface area contributed by atoms with E-state index in [0.717, 1.165) is 43.2 Å². The first-order valence-electron chi connectivity index (χ1n) is 12.2. The lowest BCUT2D eigenvalue weighted by Gasteiger charge is -2.36. The molecule has 2 aromatic rings. The van der Waals surface area contributed by atoms with Crippen molar-refractivity contribution in [3.8, 4) is 5.75 Å². The molecule has 0 radical (unpaired) electrons. The number of hydrogen-bond donors (Lipinski definition) is 1. The summed E-state index contributed by atoms with van der Waals surface area (Å²) >= 11 is 0. The number of amides is 1. The average Bonchev–Trinajstić information content (AvgIpc) is 3.58. The van der Waals surface area contributed by atoms with E-state index in [0.29, 0.717) is 25.3 Å². The Morgan fingerprint density at radius 1 is 1.03 bits per heavy atom. The predicted octanol–water partition coefficient (Wildman–Crippen LogP) is 3.87. The van der Waals surface area contributed by atoms with Gasteiger partial charge in [0, 0.05) is 38.2 Å². The quantitative estimate of drug-likeness (QED) is 0.797. The number of hydrogen-bond acceptors (Lipinski definition) is 4. The maximum Gasteiger partial charge on any atom is 0.254 e. The molecule has 5 nitrogen and oxygen atoms in total. The molecule has 1 aliphatic carbocycles. The van der Waals surface area contributed by atoms with E-state index in [1.807, 2.05) is 18.2 Å². The van der Waals surface area contributed by atoms with Crippen LogP contribution in [0.3, 0.4) is 0 Å². The van der Waals surface area contributed by atoms with E-state index < -0.39 is 0 Å². The summed E-state index contributed by atoms with van der Waals surface area (Å²) in [7, 11) is 0. The third-order valence-electron chi connectivity index (χ3n) is 6.84. The number of rotatable bonds is 3. The summed E-state index contributed by atoms with van der Waals surface area (Å²) in [6.07, 6.45) is 6.56. The lowest BCUT2D eigenvalue weighted by Crippen LogP contribution is -2.53. The maximum atomic E-state index is 12.8. The maximum absolute atomic E-state index is 12.8. The van der Waals surface area contributed by atoms with E-state index in [-0.39, 0.29) is 12.0 Å². The van der Waals surface area contributed by atoms with Crippen LogP contribution in [0.4, 0.5) is 0 Å². The fraction of sp³-hybridized carbons (Fsp3) is 0.519. The Morgan fingerprint density at radius 3 is 2.69 bits per heavy atom. The van der Waals surface area contributed by atoms with Gasteiger partial charge in [-0.25, -0.2) is 0 Å². The zero-order valence-corrected chi connectivity index (χ0v) is 18.8. The smallest absolute Gasteiger partial charge is 0.254 e. The first-order chi connectivity index (χ1) is 15.6. The number of β-amino-alcohol motifs (C(OH)–C–C–N with tert-alkyl or cyclic N) is 1. The van der Waals surface area contributed by atoms with E-state index in [4.69, 9.17) is 4.74 Å². The third kappa shape index (κ3) is 5.33. The number of ether oxygens (including phenoxy) is 1. The van der Waals surface area contributed by atoms with Crippen LogP contribution < -0.4 is 4.74 Å². The van der Waals surface area contributed by atoms with Crippen LogP contribution in [0.2, 0.25) is 0 Å². The molecular formula is C27H34N2O3. The average molecular weight is 435 g/mol. The molecular weight excluding hydrogens is 400 g/mol. The summed E-state index contributed by atoms with van der Waals surface area (Å²) in [5, 5.41) is 9.56. The highest BCUT2D eigenvalue weighted by atomic mass is 16.5. The number of aliphatic hydroxyl groups excluding tert-OH is 1. The topological polar surface area (TPSA) is 53.0 Å². The monoisotopic (exact) mass is 434 g/mol. The highest BCUT2D eigenvalue weighted by molar-refractivity contribution is 5.95. The van der Waals surface area contributed by atoms with Gasteiger partial charge in [0.1, 0.15) is 5.75 Å². The molecule has 1 N–H and O–H groups in total. The van der Waals surface area contributed by atoms with Crippen molar-refractivity contribution in [2.24, 2.45) is 5.92 Å². The van der Waals surface area contributed by atoms with Crippen LogP contribution in [0.15, 0.2) is 42.5 Å². The van der Waals surface area contributed by atoms with E-state index >= 15 is 0 Å². The van der Waals surface area contributed by atoms with E-state index in [2.05, 4.69) is 29.2 Å². The number of fused-ring (bicyclic) bond motifs is 3. The Labute approximate surface area is 191 Å². The van der Waals surface area contributed by atoms with Crippen molar-refractivity contribution >= 4 is 5.91 Å². The molecule has 2 heterocycles. The largest absolute Gasteiger partial charge is 0.493 e. The second-order valence-electron chi connectivity index (χ2n) is 9.77. The van der Waals surface area contributed by atoms with Gasteiger partial charge in [0.2, 0.25) is 0 Å². The second kappa shape index (κ2) is 9.63. The van der Waals surface area contributed by atoms with Gasteiger partial charge in [0.05, 0.1) is 12.7 Å². The number of nitrogens with zero attached hydrogens (tertiary/aromatic N) is 2. The number of carbonyl (C=O) groups excluding carboxylic acids is 1. The molecule has 0 aromatic heterocycles. The summed E-state index contributed by atoms with van der Waals surface area (Å²) in [6, 6.07) is 14.7. The zero-order valence-electron chi connectivity index (χ0n) is 18.8. The third-order valence-corrected chi connectivity index (χ3v) is 6.84. The molecule has 2 fully saturated rings. The number of benzene rings is 2. The number of aliphatic hydroxyl groups is 1. The fourth-order valence-electron chi connectivity index (χ4n) is 4.81. The SMILES string of the molecule is O=C(c1ccc2c(c1)Cc1cccc(c1)CN(CC1CC1)CCCCCO2)N1CC(O)C1. The Bertz CT molecular complexity index is 950. The second-order valence-corrected chi connectivity index (χ2v) is 9.77. The first-order valence-corrected chi connectivity index (χ1v) is 12.2. The van der Waals surface area contributed by atoms with Crippen molar-refractivity contribution < 1.29 is 14.6 Å². The minimum absolute atomic E-state index is 0.0121. The van der Waals surface area contributed by atoms with Gasteiger partial charge in [-0.3, -0.25) is 9.69 Å². The summed E-state index contributed by atoms with van der Waals surface area (Å²) in [5.74, 6) is 1.76. The fourth-order valence-corrected chi connectivity index (χ4v) is 4.81. The minimum Gasteiger partial charge on any atom is -0.493 e. The Hall–Kier alpha value is -2.37. The van der Waals surface area contributed by atoms with Gasteiger partial charge in [0.25, 0.3) is 5.91 Å². The van der Waals surface area contributed by atoms with Crippen LogP contribution in [0.5, 0.6) is 5.75 Å². The van der Waals surface area contributed by atoms with Crippen LogP contribution in [0, 0.1) is 5.92 Å². The lowest BCUT2D eigenvalue weighted by atomic mass is 9.98. The van der Waals surface area contributed by atoms with Gasteiger partial charge >= 0.3 is 0 Å². The molecule has 2 aliphatic heterocycles. The molecule has 32 heavy (non-hydrogen) atoms. The normalized spacial score (nSPS) is 20.6. The molecule has 1 saturated carbocycles.